The number of amides is 1. The van der Waals surface area contributed by atoms with E-state index in [0.29, 0.717) is 36.8 Å². The molecule has 0 saturated carbocycles. The van der Waals surface area contributed by atoms with Crippen molar-refractivity contribution in [1.29, 1.82) is 0 Å². The van der Waals surface area contributed by atoms with Crippen molar-refractivity contribution in [3.63, 3.8) is 0 Å². The molecule has 0 atom stereocenters. The lowest BCUT2D eigenvalue weighted by molar-refractivity contribution is -0.142. The number of carbonyl (C=O) groups is 2. The molecule has 128 valence electrons. The second-order valence-corrected chi connectivity index (χ2v) is 4.83. The van der Waals surface area contributed by atoms with Gasteiger partial charge in [-0.15, -0.1) is 0 Å². The van der Waals surface area contributed by atoms with Crippen LogP contribution in [-0.4, -0.2) is 50.4 Å². The summed E-state index contributed by atoms with van der Waals surface area (Å²) < 4.78 is 10.3. The Balaban J connectivity index is 2.98. The number of nitrogens with one attached hydrogen (secondary N) is 1. The maximum atomic E-state index is 11.6. The summed E-state index contributed by atoms with van der Waals surface area (Å²) in [7, 11) is 1.54. The molecule has 23 heavy (non-hydrogen) atoms. The molecule has 1 aromatic rings. The summed E-state index contributed by atoms with van der Waals surface area (Å²) in [5.41, 5.74) is 1.31. The molecule has 0 saturated heterocycles. The van der Waals surface area contributed by atoms with Crippen molar-refractivity contribution in [2.24, 2.45) is 0 Å². The van der Waals surface area contributed by atoms with Gasteiger partial charge in [0.15, 0.2) is 0 Å². The van der Waals surface area contributed by atoms with Crippen LogP contribution in [0.15, 0.2) is 18.2 Å². The van der Waals surface area contributed by atoms with Crippen LogP contribution in [0.25, 0.3) is 0 Å². The summed E-state index contributed by atoms with van der Waals surface area (Å²) >= 11 is 0. The lowest BCUT2D eigenvalue weighted by Crippen LogP contribution is -2.30. The third-order valence-corrected chi connectivity index (χ3v) is 3.10. The van der Waals surface area contributed by atoms with E-state index >= 15 is 0 Å². The van der Waals surface area contributed by atoms with Crippen LogP contribution >= 0.6 is 0 Å². The first kappa shape index (κ1) is 18.8. The number of nitrogens with zero attached hydrogens (tertiary/aromatic N) is 1. The number of esters is 1. The van der Waals surface area contributed by atoms with Crippen molar-refractivity contribution in [3.8, 4) is 5.75 Å². The third kappa shape index (κ3) is 6.15. The summed E-state index contributed by atoms with van der Waals surface area (Å²) in [5.74, 6) is 0.116. The number of hydrogen-bond donors (Lipinski definition) is 2. The van der Waals surface area contributed by atoms with Crippen LogP contribution in [0.4, 0.5) is 11.4 Å². The number of benzene rings is 1. The molecule has 7 nitrogen and oxygen atoms in total. The first-order valence-electron chi connectivity index (χ1n) is 7.48. The van der Waals surface area contributed by atoms with Gasteiger partial charge in [-0.25, -0.2) is 0 Å². The van der Waals surface area contributed by atoms with Gasteiger partial charge in [-0.2, -0.15) is 0 Å². The molecule has 1 amide bonds. The zero-order valence-corrected chi connectivity index (χ0v) is 13.8. The van der Waals surface area contributed by atoms with Crippen LogP contribution in [0, 0.1) is 0 Å². The van der Waals surface area contributed by atoms with Crippen molar-refractivity contribution >= 4 is 23.3 Å². The number of ether oxygens (including phenoxy) is 2. The fourth-order valence-electron chi connectivity index (χ4n) is 2.15. The van der Waals surface area contributed by atoms with Crippen molar-refractivity contribution in [3.05, 3.63) is 18.2 Å². The minimum absolute atomic E-state index is 0.0731. The first-order valence-corrected chi connectivity index (χ1v) is 7.48. The van der Waals surface area contributed by atoms with E-state index in [-0.39, 0.29) is 24.9 Å². The highest BCUT2D eigenvalue weighted by Crippen LogP contribution is 2.31. The highest BCUT2D eigenvalue weighted by molar-refractivity contribution is 5.89. The molecule has 1 rings (SSSR count). The van der Waals surface area contributed by atoms with E-state index in [0.717, 1.165) is 0 Å². The average Bonchev–Trinajstić information content (AvgIpc) is 2.51. The van der Waals surface area contributed by atoms with Crippen LogP contribution in [0.1, 0.15) is 20.3 Å². The largest absolute Gasteiger partial charge is 0.495 e. The number of methoxy groups -OCH3 is 1. The Morgan fingerprint density at radius 3 is 2.61 bits per heavy atom. The van der Waals surface area contributed by atoms with Crippen molar-refractivity contribution in [2.75, 3.05) is 43.6 Å². The molecule has 0 aliphatic rings. The molecule has 0 heterocycles. The fraction of sp³-hybridized carbons (Fsp3) is 0.500. The van der Waals surface area contributed by atoms with Gasteiger partial charge in [0.05, 0.1) is 32.4 Å². The SMILES string of the molecule is CCOC(=O)CCN(CCO)c1cc(NC(C)=O)ccc1OC. The maximum Gasteiger partial charge on any atom is 0.307 e. The second-order valence-electron chi connectivity index (χ2n) is 4.83. The van der Waals surface area contributed by atoms with Gasteiger partial charge in [-0.3, -0.25) is 9.59 Å². The molecule has 0 fully saturated rings. The number of rotatable bonds is 9. The van der Waals surface area contributed by atoms with Crippen LogP contribution in [0.2, 0.25) is 0 Å². The minimum atomic E-state index is -0.299. The molecular formula is C16H24N2O5. The predicted octanol–water partition coefficient (Wildman–Crippen LogP) is 1.41. The van der Waals surface area contributed by atoms with Crippen molar-refractivity contribution in [2.45, 2.75) is 20.3 Å². The van der Waals surface area contributed by atoms with Crippen molar-refractivity contribution in [1.82, 2.24) is 0 Å². The Bertz CT molecular complexity index is 533. The molecule has 0 aliphatic heterocycles. The molecule has 2 N–H and O–H groups in total. The van der Waals surface area contributed by atoms with Crippen molar-refractivity contribution < 1.29 is 24.2 Å². The third-order valence-electron chi connectivity index (χ3n) is 3.10. The van der Waals surface area contributed by atoms with E-state index in [1.807, 2.05) is 4.90 Å². The Kier molecular flexibility index (Phi) is 7.90. The van der Waals surface area contributed by atoms with Crippen LogP contribution in [-0.2, 0) is 14.3 Å². The molecule has 7 heteroatoms. The summed E-state index contributed by atoms with van der Waals surface area (Å²) in [6, 6.07) is 5.21. The lowest BCUT2D eigenvalue weighted by atomic mass is 10.2. The molecule has 1 aromatic carbocycles. The lowest BCUT2D eigenvalue weighted by Gasteiger charge is -2.26. The zero-order valence-electron chi connectivity index (χ0n) is 13.8. The van der Waals surface area contributed by atoms with E-state index in [9.17, 15) is 14.7 Å². The molecule has 0 unspecified atom stereocenters. The summed E-state index contributed by atoms with van der Waals surface area (Å²) in [5, 5.41) is 12.0. The van der Waals surface area contributed by atoms with E-state index in [1.165, 1.54) is 6.92 Å². The Labute approximate surface area is 136 Å². The maximum absolute atomic E-state index is 11.6. The first-order chi connectivity index (χ1) is 11.0. The number of hydrogen-bond acceptors (Lipinski definition) is 6. The van der Waals surface area contributed by atoms with Gasteiger partial charge in [-0.1, -0.05) is 0 Å². The fourth-order valence-corrected chi connectivity index (χ4v) is 2.15. The summed E-state index contributed by atoms with van der Waals surface area (Å²) in [6.07, 6.45) is 0.196. The van der Waals surface area contributed by atoms with Gasteiger partial charge < -0.3 is 24.8 Å². The Hall–Kier alpha value is -2.28. The van der Waals surface area contributed by atoms with E-state index in [4.69, 9.17) is 9.47 Å². The summed E-state index contributed by atoms with van der Waals surface area (Å²) in [4.78, 5) is 24.6. The van der Waals surface area contributed by atoms with Gasteiger partial charge in [0.2, 0.25) is 5.91 Å². The smallest absolute Gasteiger partial charge is 0.307 e. The molecule has 0 radical (unpaired) electrons. The minimum Gasteiger partial charge on any atom is -0.495 e. The topological polar surface area (TPSA) is 88.1 Å². The normalized spacial score (nSPS) is 10.1. The molecule has 0 aromatic heterocycles. The Morgan fingerprint density at radius 2 is 2.04 bits per heavy atom. The number of anilines is 2. The predicted molar refractivity (Wildman–Crippen MR) is 87.8 cm³/mol. The van der Waals surface area contributed by atoms with Gasteiger partial charge in [0.1, 0.15) is 5.75 Å². The number of aliphatic hydroxyl groups excluding tert-OH is 1. The van der Waals surface area contributed by atoms with Gasteiger partial charge in [0.25, 0.3) is 0 Å². The van der Waals surface area contributed by atoms with E-state index < -0.39 is 0 Å². The number of carbonyl (C=O) groups excluding carboxylic acids is 2. The molecule has 0 bridgehead atoms. The molecular weight excluding hydrogens is 300 g/mol. The van der Waals surface area contributed by atoms with Gasteiger partial charge >= 0.3 is 5.97 Å². The average molecular weight is 324 g/mol. The van der Waals surface area contributed by atoms with Crippen LogP contribution in [0.3, 0.4) is 0 Å². The second kappa shape index (κ2) is 9.68. The molecule has 0 spiro atoms. The quantitative estimate of drug-likeness (QED) is 0.668. The Morgan fingerprint density at radius 1 is 1.30 bits per heavy atom. The monoisotopic (exact) mass is 324 g/mol. The number of aliphatic hydroxyl groups is 1. The van der Waals surface area contributed by atoms with E-state index in [2.05, 4.69) is 5.32 Å². The van der Waals surface area contributed by atoms with Crippen LogP contribution in [0.5, 0.6) is 5.75 Å². The standard InChI is InChI=1S/C16H24N2O5/c1-4-23-16(21)7-8-18(9-10-19)14-11-13(17-12(2)20)5-6-15(14)22-3/h5-6,11,19H,4,7-10H2,1-3H3,(H,17,20). The van der Waals surface area contributed by atoms with Crippen LogP contribution < -0.4 is 15.0 Å². The molecule has 0 aliphatic carbocycles. The van der Waals surface area contributed by atoms with Gasteiger partial charge in [0, 0.05) is 25.7 Å². The summed E-state index contributed by atoms with van der Waals surface area (Å²) in [6.45, 7) is 4.15. The van der Waals surface area contributed by atoms with Gasteiger partial charge in [-0.05, 0) is 25.1 Å². The van der Waals surface area contributed by atoms with E-state index in [1.54, 1.807) is 32.2 Å². The highest BCUT2D eigenvalue weighted by atomic mass is 16.5. The zero-order chi connectivity index (χ0) is 17.2. The highest BCUT2D eigenvalue weighted by Gasteiger charge is 2.15.